The number of aromatic hydroxyl groups is 1. The molecule has 0 fully saturated rings. The van der Waals surface area contributed by atoms with E-state index in [1.54, 1.807) is 23.2 Å². The van der Waals surface area contributed by atoms with E-state index in [2.05, 4.69) is 17.1 Å². The molecule has 0 unspecified atom stereocenters. The van der Waals surface area contributed by atoms with Crippen LogP contribution in [0.3, 0.4) is 0 Å². The Morgan fingerprint density at radius 1 is 1.21 bits per heavy atom. The van der Waals surface area contributed by atoms with Crippen LogP contribution in [0.15, 0.2) is 48.7 Å². The van der Waals surface area contributed by atoms with E-state index in [0.29, 0.717) is 17.6 Å². The van der Waals surface area contributed by atoms with Crippen molar-refractivity contribution in [3.05, 3.63) is 65.4 Å². The first-order chi connectivity index (χ1) is 11.6. The van der Waals surface area contributed by atoms with Gasteiger partial charge in [0.25, 0.3) is 5.91 Å². The number of fused-ring (bicyclic) bond motifs is 2. The van der Waals surface area contributed by atoms with Crippen molar-refractivity contribution in [2.75, 3.05) is 11.4 Å². The molecule has 1 aliphatic rings. The van der Waals surface area contributed by atoms with E-state index in [4.69, 9.17) is 0 Å². The molecule has 0 saturated heterocycles. The van der Waals surface area contributed by atoms with Crippen molar-refractivity contribution in [1.82, 2.24) is 4.98 Å². The first-order valence-electron chi connectivity index (χ1n) is 8.12. The van der Waals surface area contributed by atoms with E-state index in [-0.39, 0.29) is 11.7 Å². The number of phenols is 1. The van der Waals surface area contributed by atoms with Crippen LogP contribution >= 0.6 is 0 Å². The second kappa shape index (κ2) is 5.64. The number of pyridine rings is 1. The SMILES string of the molecule is Cc1ccc2c(c1)N(C(=O)c1cc3ncccc3cc1O)CCC2. The van der Waals surface area contributed by atoms with Gasteiger partial charge < -0.3 is 10.0 Å². The standard InChI is InChI=1S/C20H18N2O2/c1-13-6-7-14-5-3-9-22(18(14)10-13)20(24)16-12-17-15(11-19(16)23)4-2-8-21-17/h2,4,6-8,10-12,23H,3,5,9H2,1H3. The second-order valence-electron chi connectivity index (χ2n) is 6.26. The Hall–Kier alpha value is -2.88. The number of phenolic OH excluding ortho intramolecular Hbond substituents is 1. The summed E-state index contributed by atoms with van der Waals surface area (Å²) < 4.78 is 0. The van der Waals surface area contributed by atoms with Gasteiger partial charge in [-0.2, -0.15) is 0 Å². The highest BCUT2D eigenvalue weighted by molar-refractivity contribution is 6.10. The van der Waals surface area contributed by atoms with Crippen molar-refractivity contribution in [2.45, 2.75) is 19.8 Å². The van der Waals surface area contributed by atoms with Gasteiger partial charge in [0.15, 0.2) is 0 Å². The molecule has 2 aromatic carbocycles. The van der Waals surface area contributed by atoms with Gasteiger partial charge in [0, 0.05) is 23.8 Å². The van der Waals surface area contributed by atoms with Gasteiger partial charge in [0.1, 0.15) is 5.75 Å². The predicted molar refractivity (Wildman–Crippen MR) is 94.6 cm³/mol. The summed E-state index contributed by atoms with van der Waals surface area (Å²) in [5.41, 5.74) is 4.26. The fourth-order valence-corrected chi connectivity index (χ4v) is 3.32. The zero-order chi connectivity index (χ0) is 16.7. The van der Waals surface area contributed by atoms with Crippen molar-refractivity contribution in [1.29, 1.82) is 0 Å². The minimum absolute atomic E-state index is 0.000256. The Morgan fingerprint density at radius 3 is 2.96 bits per heavy atom. The zero-order valence-electron chi connectivity index (χ0n) is 13.5. The summed E-state index contributed by atoms with van der Waals surface area (Å²) in [6.45, 7) is 2.68. The van der Waals surface area contributed by atoms with Crippen LogP contribution in [0, 0.1) is 6.92 Å². The minimum Gasteiger partial charge on any atom is -0.507 e. The molecule has 4 nitrogen and oxygen atoms in total. The van der Waals surface area contributed by atoms with Crippen molar-refractivity contribution >= 4 is 22.5 Å². The molecule has 24 heavy (non-hydrogen) atoms. The van der Waals surface area contributed by atoms with Gasteiger partial charge in [-0.1, -0.05) is 18.2 Å². The van der Waals surface area contributed by atoms with E-state index < -0.39 is 0 Å². The number of carbonyl (C=O) groups is 1. The zero-order valence-corrected chi connectivity index (χ0v) is 13.5. The van der Waals surface area contributed by atoms with Crippen LogP contribution in [-0.4, -0.2) is 22.5 Å². The number of anilines is 1. The van der Waals surface area contributed by atoms with E-state index in [1.165, 1.54) is 5.56 Å². The molecule has 0 bridgehead atoms. The van der Waals surface area contributed by atoms with Crippen LogP contribution in [0.1, 0.15) is 27.9 Å². The summed E-state index contributed by atoms with van der Waals surface area (Å²) in [6, 6.07) is 13.2. The molecule has 3 aromatic rings. The highest BCUT2D eigenvalue weighted by atomic mass is 16.3. The minimum atomic E-state index is -0.174. The molecular formula is C20H18N2O2. The van der Waals surface area contributed by atoms with Crippen molar-refractivity contribution in [3.8, 4) is 5.75 Å². The number of carbonyl (C=O) groups excluding carboxylic acids is 1. The lowest BCUT2D eigenvalue weighted by Gasteiger charge is -2.30. The van der Waals surface area contributed by atoms with Crippen LogP contribution in [0.25, 0.3) is 10.9 Å². The summed E-state index contributed by atoms with van der Waals surface area (Å²) in [5.74, 6) is -0.174. The van der Waals surface area contributed by atoms with Crippen molar-refractivity contribution in [2.24, 2.45) is 0 Å². The van der Waals surface area contributed by atoms with E-state index >= 15 is 0 Å². The number of hydrogen-bond acceptors (Lipinski definition) is 3. The molecule has 1 aromatic heterocycles. The van der Waals surface area contributed by atoms with Crippen LogP contribution in [0.2, 0.25) is 0 Å². The number of aromatic nitrogens is 1. The molecule has 0 spiro atoms. The number of benzene rings is 2. The number of hydrogen-bond donors (Lipinski definition) is 1. The third-order valence-corrected chi connectivity index (χ3v) is 4.56. The number of aryl methyl sites for hydroxylation is 2. The van der Waals surface area contributed by atoms with Gasteiger partial charge in [-0.25, -0.2) is 0 Å². The van der Waals surface area contributed by atoms with Crippen LogP contribution in [-0.2, 0) is 6.42 Å². The summed E-state index contributed by atoms with van der Waals surface area (Å²) >= 11 is 0. The quantitative estimate of drug-likeness (QED) is 0.741. The van der Waals surface area contributed by atoms with Crippen LogP contribution < -0.4 is 4.90 Å². The molecule has 4 rings (SSSR count). The van der Waals surface area contributed by atoms with Crippen LogP contribution in [0.5, 0.6) is 5.75 Å². The van der Waals surface area contributed by atoms with Gasteiger partial charge >= 0.3 is 0 Å². The Morgan fingerprint density at radius 2 is 2.08 bits per heavy atom. The lowest BCUT2D eigenvalue weighted by Crippen LogP contribution is -2.35. The first kappa shape index (κ1) is 14.7. The van der Waals surface area contributed by atoms with Crippen molar-refractivity contribution < 1.29 is 9.90 Å². The third kappa shape index (κ3) is 2.40. The predicted octanol–water partition coefficient (Wildman–Crippen LogP) is 3.84. The highest BCUT2D eigenvalue weighted by Crippen LogP contribution is 2.32. The van der Waals surface area contributed by atoms with E-state index in [1.807, 2.05) is 25.1 Å². The lowest BCUT2D eigenvalue weighted by atomic mass is 9.98. The maximum absolute atomic E-state index is 13.1. The summed E-state index contributed by atoms with van der Waals surface area (Å²) in [5, 5.41) is 11.2. The fraction of sp³-hybridized carbons (Fsp3) is 0.200. The Bertz CT molecular complexity index is 950. The molecule has 120 valence electrons. The largest absolute Gasteiger partial charge is 0.507 e. The maximum Gasteiger partial charge on any atom is 0.262 e. The molecule has 1 aliphatic heterocycles. The molecule has 0 aliphatic carbocycles. The average Bonchev–Trinajstić information content (AvgIpc) is 2.60. The Kier molecular flexibility index (Phi) is 3.45. The lowest BCUT2D eigenvalue weighted by molar-refractivity contribution is 0.0982. The molecule has 0 atom stereocenters. The van der Waals surface area contributed by atoms with Gasteiger partial charge in [-0.3, -0.25) is 9.78 Å². The van der Waals surface area contributed by atoms with Gasteiger partial charge in [0.05, 0.1) is 11.1 Å². The summed E-state index contributed by atoms with van der Waals surface area (Å²) in [6.07, 6.45) is 3.59. The van der Waals surface area contributed by atoms with Gasteiger partial charge in [0.2, 0.25) is 0 Å². The molecule has 0 saturated carbocycles. The van der Waals surface area contributed by atoms with Gasteiger partial charge in [-0.05, 0) is 55.2 Å². The van der Waals surface area contributed by atoms with Gasteiger partial charge in [-0.15, -0.1) is 0 Å². The number of nitrogens with zero attached hydrogens (tertiary/aromatic N) is 2. The van der Waals surface area contributed by atoms with E-state index in [9.17, 15) is 9.90 Å². The third-order valence-electron chi connectivity index (χ3n) is 4.56. The Balaban J connectivity index is 1.80. The van der Waals surface area contributed by atoms with Crippen molar-refractivity contribution in [3.63, 3.8) is 0 Å². The highest BCUT2D eigenvalue weighted by Gasteiger charge is 2.25. The van der Waals surface area contributed by atoms with E-state index in [0.717, 1.165) is 29.5 Å². The molecule has 2 heterocycles. The molecule has 1 amide bonds. The number of rotatable bonds is 1. The maximum atomic E-state index is 13.1. The molecular weight excluding hydrogens is 300 g/mol. The summed E-state index contributed by atoms with van der Waals surface area (Å²) in [7, 11) is 0. The molecule has 1 N–H and O–H groups in total. The smallest absolute Gasteiger partial charge is 0.262 e. The topological polar surface area (TPSA) is 53.4 Å². The molecule has 0 radical (unpaired) electrons. The monoisotopic (exact) mass is 318 g/mol. The summed E-state index contributed by atoms with van der Waals surface area (Å²) in [4.78, 5) is 19.1. The second-order valence-corrected chi connectivity index (χ2v) is 6.26. The Labute approximate surface area is 140 Å². The molecule has 4 heteroatoms. The number of amides is 1. The fourth-order valence-electron chi connectivity index (χ4n) is 3.32. The average molecular weight is 318 g/mol. The first-order valence-corrected chi connectivity index (χ1v) is 8.12. The van der Waals surface area contributed by atoms with Crippen LogP contribution in [0.4, 0.5) is 5.69 Å². The normalized spacial score (nSPS) is 13.8.